The number of hydrogen-bond donors (Lipinski definition) is 2. The highest BCUT2D eigenvalue weighted by atomic mass is 16.5. The Balaban J connectivity index is 1.81. The predicted molar refractivity (Wildman–Crippen MR) is 77.5 cm³/mol. The van der Waals surface area contributed by atoms with E-state index in [1.807, 2.05) is 24.3 Å². The molecule has 0 heterocycles. The van der Waals surface area contributed by atoms with E-state index in [2.05, 4.69) is 22.3 Å². The van der Waals surface area contributed by atoms with Gasteiger partial charge in [-0.3, -0.25) is 5.32 Å². The summed E-state index contributed by atoms with van der Waals surface area (Å²) in [4.78, 5) is 11.1. The molecular formula is C15H22N2O2. The van der Waals surface area contributed by atoms with Crippen LogP contribution in [-0.4, -0.2) is 19.2 Å². The summed E-state index contributed by atoms with van der Waals surface area (Å²) in [6.07, 6.45) is 4.95. The van der Waals surface area contributed by atoms with Gasteiger partial charge < -0.3 is 10.1 Å². The van der Waals surface area contributed by atoms with Crippen molar-refractivity contribution in [2.45, 2.75) is 38.6 Å². The van der Waals surface area contributed by atoms with Gasteiger partial charge in [0.1, 0.15) is 0 Å². The van der Waals surface area contributed by atoms with Crippen LogP contribution >= 0.6 is 0 Å². The van der Waals surface area contributed by atoms with Gasteiger partial charge in [0.25, 0.3) is 0 Å². The van der Waals surface area contributed by atoms with Crippen molar-refractivity contribution in [2.75, 3.05) is 17.7 Å². The fraction of sp³-hybridized carbons (Fsp3) is 0.533. The van der Waals surface area contributed by atoms with Crippen molar-refractivity contribution < 1.29 is 9.53 Å². The molecule has 4 heteroatoms. The number of methoxy groups -OCH3 is 1. The maximum atomic E-state index is 11.1. The molecule has 1 aliphatic rings. The lowest BCUT2D eigenvalue weighted by Gasteiger charge is -2.28. The molecule has 1 amide bonds. The monoisotopic (exact) mass is 262 g/mol. The first-order chi connectivity index (χ1) is 9.17. The molecule has 1 unspecified atom stereocenters. The Morgan fingerprint density at radius 2 is 1.95 bits per heavy atom. The molecule has 1 aliphatic carbocycles. The standard InChI is InChI=1S/C15H22N2O2/c1-11(10-12-4-3-5-12)16-13-6-8-14(9-7-13)17-15(18)19-2/h6-9,11-12,16H,3-5,10H2,1-2H3,(H,17,18). The van der Waals surface area contributed by atoms with Gasteiger partial charge in [-0.25, -0.2) is 4.79 Å². The zero-order valence-electron chi connectivity index (χ0n) is 11.6. The number of hydrogen-bond acceptors (Lipinski definition) is 3. The minimum atomic E-state index is -0.445. The summed E-state index contributed by atoms with van der Waals surface area (Å²) >= 11 is 0. The topological polar surface area (TPSA) is 50.4 Å². The molecule has 0 aliphatic heterocycles. The van der Waals surface area contributed by atoms with Crippen LogP contribution in [0.5, 0.6) is 0 Å². The van der Waals surface area contributed by atoms with Crippen molar-refractivity contribution in [1.82, 2.24) is 0 Å². The van der Waals surface area contributed by atoms with Crippen molar-refractivity contribution in [3.63, 3.8) is 0 Å². The summed E-state index contributed by atoms with van der Waals surface area (Å²) in [5.41, 5.74) is 1.83. The maximum absolute atomic E-state index is 11.1. The van der Waals surface area contributed by atoms with Crippen LogP contribution in [0.15, 0.2) is 24.3 Å². The van der Waals surface area contributed by atoms with Crippen LogP contribution in [0.25, 0.3) is 0 Å². The van der Waals surface area contributed by atoms with Gasteiger partial charge in [-0.2, -0.15) is 0 Å². The van der Waals surface area contributed by atoms with E-state index in [0.717, 1.165) is 17.3 Å². The van der Waals surface area contributed by atoms with E-state index in [1.165, 1.54) is 32.8 Å². The summed E-state index contributed by atoms with van der Waals surface area (Å²) in [6, 6.07) is 8.18. The number of anilines is 2. The number of ether oxygens (including phenoxy) is 1. The van der Waals surface area contributed by atoms with Crippen LogP contribution in [0.2, 0.25) is 0 Å². The van der Waals surface area contributed by atoms with Crippen LogP contribution < -0.4 is 10.6 Å². The number of rotatable bonds is 5. The van der Waals surface area contributed by atoms with E-state index in [0.29, 0.717) is 6.04 Å². The van der Waals surface area contributed by atoms with E-state index in [1.54, 1.807) is 0 Å². The Morgan fingerprint density at radius 3 is 2.47 bits per heavy atom. The highest BCUT2D eigenvalue weighted by molar-refractivity contribution is 5.84. The van der Waals surface area contributed by atoms with Crippen LogP contribution in [-0.2, 0) is 4.74 Å². The number of benzene rings is 1. The summed E-state index contributed by atoms with van der Waals surface area (Å²) < 4.78 is 4.55. The molecule has 2 N–H and O–H groups in total. The SMILES string of the molecule is COC(=O)Nc1ccc(NC(C)CC2CCC2)cc1. The highest BCUT2D eigenvalue weighted by Crippen LogP contribution is 2.31. The summed E-state index contributed by atoms with van der Waals surface area (Å²) in [5, 5.41) is 6.13. The third kappa shape index (κ3) is 4.16. The Labute approximate surface area is 114 Å². The van der Waals surface area contributed by atoms with E-state index in [9.17, 15) is 4.79 Å². The van der Waals surface area contributed by atoms with Gasteiger partial charge in [0.15, 0.2) is 0 Å². The number of amides is 1. The van der Waals surface area contributed by atoms with Gasteiger partial charge in [-0.15, -0.1) is 0 Å². The molecule has 0 bridgehead atoms. The molecule has 1 atom stereocenters. The molecule has 1 aromatic carbocycles. The smallest absolute Gasteiger partial charge is 0.411 e. The third-order valence-electron chi connectivity index (χ3n) is 3.64. The van der Waals surface area contributed by atoms with Crippen LogP contribution in [0.1, 0.15) is 32.6 Å². The lowest BCUT2D eigenvalue weighted by Crippen LogP contribution is -2.23. The van der Waals surface area contributed by atoms with Crippen molar-refractivity contribution in [3.8, 4) is 0 Å². The Hall–Kier alpha value is -1.71. The van der Waals surface area contributed by atoms with E-state index in [4.69, 9.17) is 0 Å². The molecule has 2 rings (SSSR count). The summed E-state index contributed by atoms with van der Waals surface area (Å²) in [7, 11) is 1.35. The van der Waals surface area contributed by atoms with E-state index >= 15 is 0 Å². The van der Waals surface area contributed by atoms with Gasteiger partial charge >= 0.3 is 6.09 Å². The zero-order valence-corrected chi connectivity index (χ0v) is 11.6. The second-order valence-corrected chi connectivity index (χ2v) is 5.27. The van der Waals surface area contributed by atoms with Crippen LogP contribution in [0, 0.1) is 5.92 Å². The first-order valence-electron chi connectivity index (χ1n) is 6.89. The molecule has 0 saturated heterocycles. The first-order valence-corrected chi connectivity index (χ1v) is 6.89. The molecule has 1 fully saturated rings. The second-order valence-electron chi connectivity index (χ2n) is 5.27. The molecule has 104 valence electrons. The third-order valence-corrected chi connectivity index (χ3v) is 3.64. The molecule has 19 heavy (non-hydrogen) atoms. The Kier molecular flexibility index (Phi) is 4.66. The second kappa shape index (κ2) is 6.45. The first kappa shape index (κ1) is 13.7. The van der Waals surface area contributed by atoms with Gasteiger partial charge in [0.05, 0.1) is 7.11 Å². The van der Waals surface area contributed by atoms with Gasteiger partial charge in [-0.1, -0.05) is 19.3 Å². The zero-order chi connectivity index (χ0) is 13.7. The minimum absolute atomic E-state index is 0.445. The van der Waals surface area contributed by atoms with Crippen LogP contribution in [0.4, 0.5) is 16.2 Å². The molecule has 1 aromatic rings. The van der Waals surface area contributed by atoms with E-state index in [-0.39, 0.29) is 0 Å². The number of carbonyl (C=O) groups is 1. The Bertz CT molecular complexity index is 413. The number of carbonyl (C=O) groups excluding carboxylic acids is 1. The maximum Gasteiger partial charge on any atom is 0.411 e. The van der Waals surface area contributed by atoms with Gasteiger partial charge in [-0.05, 0) is 43.5 Å². The van der Waals surface area contributed by atoms with Crippen molar-refractivity contribution in [3.05, 3.63) is 24.3 Å². The predicted octanol–water partition coefficient (Wildman–Crippen LogP) is 3.86. The van der Waals surface area contributed by atoms with Crippen molar-refractivity contribution >= 4 is 17.5 Å². The Morgan fingerprint density at radius 1 is 1.32 bits per heavy atom. The summed E-state index contributed by atoms with van der Waals surface area (Å²) in [6.45, 7) is 2.22. The molecule has 1 saturated carbocycles. The van der Waals surface area contributed by atoms with Crippen molar-refractivity contribution in [2.24, 2.45) is 5.92 Å². The van der Waals surface area contributed by atoms with Crippen LogP contribution in [0.3, 0.4) is 0 Å². The molecular weight excluding hydrogens is 240 g/mol. The number of nitrogens with one attached hydrogen (secondary N) is 2. The average Bonchev–Trinajstić information content (AvgIpc) is 2.36. The average molecular weight is 262 g/mol. The lowest BCUT2D eigenvalue weighted by atomic mass is 9.81. The molecule has 0 spiro atoms. The lowest BCUT2D eigenvalue weighted by molar-refractivity contribution is 0.187. The molecule has 0 aromatic heterocycles. The quantitative estimate of drug-likeness (QED) is 0.847. The minimum Gasteiger partial charge on any atom is -0.453 e. The largest absolute Gasteiger partial charge is 0.453 e. The molecule has 4 nitrogen and oxygen atoms in total. The molecule has 0 radical (unpaired) electrons. The fourth-order valence-electron chi connectivity index (χ4n) is 2.39. The fourth-order valence-corrected chi connectivity index (χ4v) is 2.39. The van der Waals surface area contributed by atoms with Gasteiger partial charge in [0, 0.05) is 17.4 Å². The van der Waals surface area contributed by atoms with Crippen molar-refractivity contribution in [1.29, 1.82) is 0 Å². The van der Waals surface area contributed by atoms with Gasteiger partial charge in [0.2, 0.25) is 0 Å². The van der Waals surface area contributed by atoms with E-state index < -0.39 is 6.09 Å². The highest BCUT2D eigenvalue weighted by Gasteiger charge is 2.19. The normalized spacial score (nSPS) is 16.3. The summed E-state index contributed by atoms with van der Waals surface area (Å²) in [5.74, 6) is 0.905.